The molecule has 0 aliphatic carbocycles. The fraction of sp³-hybridized carbons (Fsp3) is 0.875. The van der Waals surface area contributed by atoms with Gasteiger partial charge in [0.15, 0.2) is 0 Å². The highest BCUT2D eigenvalue weighted by Crippen LogP contribution is 2.33. The Morgan fingerprint density at radius 2 is 2.07 bits per heavy atom. The molecule has 0 bridgehead atoms. The molecule has 6 heteroatoms. The molecular weight excluding hydrogens is 192 g/mol. The van der Waals surface area contributed by atoms with Gasteiger partial charge in [0.05, 0.1) is 13.0 Å². The normalized spacial score (nSPS) is 42.7. The number of hydrogen-bond donors (Lipinski definition) is 4. The number of aliphatic hydroxyl groups is 3. The molecular formula is C8H14O6. The smallest absolute Gasteiger partial charge is 0.306 e. The number of hydrogen-bond acceptors (Lipinski definition) is 5. The number of aliphatic hydroxyl groups excluding tert-OH is 3. The van der Waals surface area contributed by atoms with E-state index in [4.69, 9.17) is 14.9 Å². The Balaban J connectivity index is 2.76. The molecule has 1 rings (SSSR count). The molecule has 0 spiro atoms. The summed E-state index contributed by atoms with van der Waals surface area (Å²) in [6, 6.07) is 0. The SMILES string of the molecule is C[C@]1(CC(=O)O)O[C@H](CO)C(O)C1O. The van der Waals surface area contributed by atoms with E-state index >= 15 is 0 Å². The first-order valence-electron chi connectivity index (χ1n) is 4.27. The highest BCUT2D eigenvalue weighted by Gasteiger charge is 2.51. The van der Waals surface area contributed by atoms with E-state index in [-0.39, 0.29) is 0 Å². The summed E-state index contributed by atoms with van der Waals surface area (Å²) in [4.78, 5) is 10.5. The summed E-state index contributed by atoms with van der Waals surface area (Å²) in [5, 5.41) is 36.2. The third-order valence-electron chi connectivity index (χ3n) is 2.43. The molecule has 0 aromatic heterocycles. The highest BCUT2D eigenvalue weighted by atomic mass is 16.6. The number of ether oxygens (including phenoxy) is 1. The second-order valence-electron chi connectivity index (χ2n) is 3.66. The van der Waals surface area contributed by atoms with Crippen LogP contribution in [0.1, 0.15) is 13.3 Å². The van der Waals surface area contributed by atoms with E-state index in [1.165, 1.54) is 6.92 Å². The van der Waals surface area contributed by atoms with Crippen molar-refractivity contribution in [1.29, 1.82) is 0 Å². The predicted octanol–water partition coefficient (Wildman–Crippen LogP) is -1.67. The minimum absolute atomic E-state index is 0.415. The summed E-state index contributed by atoms with van der Waals surface area (Å²) in [6.07, 6.45) is -3.88. The molecule has 4 N–H and O–H groups in total. The molecule has 14 heavy (non-hydrogen) atoms. The Hall–Kier alpha value is -0.690. The summed E-state index contributed by atoms with van der Waals surface area (Å²) in [6.45, 7) is 0.943. The maximum absolute atomic E-state index is 10.5. The third kappa shape index (κ3) is 1.88. The Morgan fingerprint density at radius 1 is 1.50 bits per heavy atom. The minimum Gasteiger partial charge on any atom is -0.481 e. The maximum atomic E-state index is 10.5. The zero-order chi connectivity index (χ0) is 10.9. The van der Waals surface area contributed by atoms with Crippen LogP contribution in [0.4, 0.5) is 0 Å². The lowest BCUT2D eigenvalue weighted by atomic mass is 9.93. The number of aliphatic carboxylic acids is 1. The minimum atomic E-state index is -1.33. The average Bonchev–Trinajstić information content (AvgIpc) is 2.29. The number of carbonyl (C=O) groups is 1. The van der Waals surface area contributed by atoms with E-state index in [1.807, 2.05) is 0 Å². The van der Waals surface area contributed by atoms with Crippen molar-refractivity contribution < 1.29 is 30.0 Å². The fourth-order valence-electron chi connectivity index (χ4n) is 1.64. The zero-order valence-electron chi connectivity index (χ0n) is 7.75. The summed E-state index contributed by atoms with van der Waals surface area (Å²) in [5.41, 5.74) is -1.33. The maximum Gasteiger partial charge on any atom is 0.306 e. The topological polar surface area (TPSA) is 107 Å². The van der Waals surface area contributed by atoms with Gasteiger partial charge in [0.25, 0.3) is 0 Å². The molecule has 1 saturated heterocycles. The first-order chi connectivity index (χ1) is 6.40. The van der Waals surface area contributed by atoms with Gasteiger partial charge in [0, 0.05) is 0 Å². The second-order valence-corrected chi connectivity index (χ2v) is 3.66. The van der Waals surface area contributed by atoms with E-state index in [0.717, 1.165) is 0 Å². The van der Waals surface area contributed by atoms with Crippen molar-refractivity contribution in [2.24, 2.45) is 0 Å². The molecule has 0 aromatic rings. The van der Waals surface area contributed by atoms with E-state index < -0.39 is 42.9 Å². The third-order valence-corrected chi connectivity index (χ3v) is 2.43. The molecule has 6 nitrogen and oxygen atoms in total. The van der Waals surface area contributed by atoms with E-state index in [9.17, 15) is 15.0 Å². The zero-order valence-corrected chi connectivity index (χ0v) is 7.75. The molecule has 4 atom stereocenters. The fourth-order valence-corrected chi connectivity index (χ4v) is 1.64. The summed E-state index contributed by atoms with van der Waals surface area (Å²) < 4.78 is 5.10. The van der Waals surface area contributed by atoms with Gasteiger partial charge < -0.3 is 25.2 Å². The molecule has 0 saturated carbocycles. The van der Waals surface area contributed by atoms with Crippen LogP contribution in [0.15, 0.2) is 0 Å². The predicted molar refractivity (Wildman–Crippen MR) is 44.6 cm³/mol. The van der Waals surface area contributed by atoms with Crippen LogP contribution >= 0.6 is 0 Å². The van der Waals surface area contributed by atoms with Gasteiger partial charge in [0.1, 0.15) is 23.9 Å². The Labute approximate surface area is 80.7 Å². The van der Waals surface area contributed by atoms with Crippen molar-refractivity contribution in [3.63, 3.8) is 0 Å². The Bertz CT molecular complexity index is 230. The molecule has 1 fully saturated rings. The average molecular weight is 206 g/mol. The van der Waals surface area contributed by atoms with Gasteiger partial charge in [-0.3, -0.25) is 4.79 Å². The Morgan fingerprint density at radius 3 is 2.43 bits per heavy atom. The molecule has 0 amide bonds. The molecule has 1 heterocycles. The molecule has 1 aliphatic heterocycles. The largest absolute Gasteiger partial charge is 0.481 e. The van der Waals surface area contributed by atoms with E-state index in [2.05, 4.69) is 0 Å². The summed E-state index contributed by atoms with van der Waals surface area (Å²) in [7, 11) is 0. The van der Waals surface area contributed by atoms with Crippen molar-refractivity contribution in [3.8, 4) is 0 Å². The van der Waals surface area contributed by atoms with Crippen LogP contribution in [0.2, 0.25) is 0 Å². The van der Waals surface area contributed by atoms with E-state index in [0.29, 0.717) is 0 Å². The highest BCUT2D eigenvalue weighted by molar-refractivity contribution is 5.68. The van der Waals surface area contributed by atoms with Crippen molar-refractivity contribution in [2.45, 2.75) is 37.3 Å². The first kappa shape index (κ1) is 11.4. The number of carboxylic acids is 1. The second kappa shape index (κ2) is 3.82. The lowest BCUT2D eigenvalue weighted by molar-refractivity contribution is -0.149. The number of carboxylic acid groups (broad SMARTS) is 1. The van der Waals surface area contributed by atoms with Gasteiger partial charge in [-0.25, -0.2) is 0 Å². The van der Waals surface area contributed by atoms with Crippen molar-refractivity contribution in [1.82, 2.24) is 0 Å². The molecule has 0 radical (unpaired) electrons. The van der Waals surface area contributed by atoms with Crippen LogP contribution in [-0.2, 0) is 9.53 Å². The van der Waals surface area contributed by atoms with Gasteiger partial charge in [-0.15, -0.1) is 0 Å². The summed E-state index contributed by atoms with van der Waals surface area (Å²) in [5.74, 6) is -1.13. The number of rotatable bonds is 3. The van der Waals surface area contributed by atoms with Gasteiger partial charge in [0.2, 0.25) is 0 Å². The van der Waals surface area contributed by atoms with E-state index in [1.54, 1.807) is 0 Å². The van der Waals surface area contributed by atoms with Gasteiger partial charge in [-0.1, -0.05) is 0 Å². The standard InChI is InChI=1S/C8H14O6/c1-8(2-5(10)11)7(13)6(12)4(3-9)14-8/h4,6-7,9,12-13H,2-3H2,1H3,(H,10,11)/t4-,6?,7?,8-/m1/s1. The van der Waals surface area contributed by atoms with Gasteiger partial charge >= 0.3 is 5.97 Å². The van der Waals surface area contributed by atoms with Crippen LogP contribution in [0.5, 0.6) is 0 Å². The van der Waals surface area contributed by atoms with Crippen LogP contribution in [0.3, 0.4) is 0 Å². The van der Waals surface area contributed by atoms with Crippen molar-refractivity contribution >= 4 is 5.97 Å². The first-order valence-corrected chi connectivity index (χ1v) is 4.27. The molecule has 1 aliphatic rings. The lowest BCUT2D eigenvalue weighted by Crippen LogP contribution is -2.42. The van der Waals surface area contributed by atoms with Crippen LogP contribution in [0, 0.1) is 0 Å². The van der Waals surface area contributed by atoms with Crippen LogP contribution in [0.25, 0.3) is 0 Å². The van der Waals surface area contributed by atoms with Crippen molar-refractivity contribution in [3.05, 3.63) is 0 Å². The molecule has 2 unspecified atom stereocenters. The van der Waals surface area contributed by atoms with Crippen LogP contribution < -0.4 is 0 Å². The van der Waals surface area contributed by atoms with Gasteiger partial charge in [-0.2, -0.15) is 0 Å². The quantitative estimate of drug-likeness (QED) is 0.440. The lowest BCUT2D eigenvalue weighted by Gasteiger charge is -2.25. The van der Waals surface area contributed by atoms with Gasteiger partial charge in [-0.05, 0) is 6.92 Å². The van der Waals surface area contributed by atoms with Crippen LogP contribution in [-0.4, -0.2) is 56.9 Å². The Kier molecular flexibility index (Phi) is 3.10. The monoisotopic (exact) mass is 206 g/mol. The summed E-state index contributed by atoms with van der Waals surface area (Å²) >= 11 is 0. The molecule has 82 valence electrons. The molecule has 0 aromatic carbocycles. The van der Waals surface area contributed by atoms with Crippen molar-refractivity contribution in [2.75, 3.05) is 6.61 Å².